The highest BCUT2D eigenvalue weighted by Crippen LogP contribution is 2.45. The van der Waals surface area contributed by atoms with E-state index >= 15 is 0 Å². The lowest BCUT2D eigenvalue weighted by Gasteiger charge is -2.35. The molecule has 3 aromatic rings. The topological polar surface area (TPSA) is 34.0 Å². The van der Waals surface area contributed by atoms with Gasteiger partial charge in [0, 0.05) is 36.1 Å². The molecule has 4 nitrogen and oxygen atoms in total. The van der Waals surface area contributed by atoms with Crippen LogP contribution >= 0.6 is 11.6 Å². The summed E-state index contributed by atoms with van der Waals surface area (Å²) in [5.74, 6) is 0.919. The molecule has 0 N–H and O–H groups in total. The van der Waals surface area contributed by atoms with Gasteiger partial charge in [0.15, 0.2) is 0 Å². The number of piperidine rings is 1. The van der Waals surface area contributed by atoms with Gasteiger partial charge in [-0.15, -0.1) is 0 Å². The molecule has 0 radical (unpaired) electrons. The lowest BCUT2D eigenvalue weighted by Crippen LogP contribution is -2.33. The van der Waals surface area contributed by atoms with Gasteiger partial charge >= 0.3 is 0 Å². The Labute approximate surface area is 203 Å². The van der Waals surface area contributed by atoms with Gasteiger partial charge in [0.25, 0.3) is 0 Å². The Kier molecular flexibility index (Phi) is 8.00. The van der Waals surface area contributed by atoms with Crippen LogP contribution in [-0.4, -0.2) is 39.6 Å². The maximum atomic E-state index is 6.45. The molecule has 1 unspecified atom stereocenters. The predicted octanol–water partition coefficient (Wildman–Crippen LogP) is 6.77. The molecule has 174 valence electrons. The number of likely N-dealkylation sites (tertiary alicyclic amines) is 1. The van der Waals surface area contributed by atoms with Crippen molar-refractivity contribution in [2.45, 2.75) is 52.0 Å². The Morgan fingerprint density at radius 1 is 1.09 bits per heavy atom. The second-order valence-corrected chi connectivity index (χ2v) is 9.34. The minimum atomic E-state index is 0.319. The molecular weight excluding hydrogens is 428 g/mol. The average Bonchev–Trinajstić information content (AvgIpc) is 3.32. The molecule has 1 aliphatic carbocycles. The van der Waals surface area contributed by atoms with Gasteiger partial charge in [-0.3, -0.25) is 4.98 Å². The van der Waals surface area contributed by atoms with E-state index < -0.39 is 0 Å². The number of rotatable bonds is 5. The smallest absolute Gasteiger partial charge is 0.0945 e. The summed E-state index contributed by atoms with van der Waals surface area (Å²) in [4.78, 5) is 11.6. The Balaban J connectivity index is 0.00000126. The van der Waals surface area contributed by atoms with Crippen molar-refractivity contribution in [2.24, 2.45) is 5.92 Å². The van der Waals surface area contributed by atoms with Crippen LogP contribution in [0.1, 0.15) is 67.8 Å². The highest BCUT2D eigenvalue weighted by atomic mass is 35.5. The molecule has 1 aliphatic heterocycles. The molecule has 0 amide bonds. The number of allylic oxidation sites excluding steroid dienone is 1. The summed E-state index contributed by atoms with van der Waals surface area (Å²) in [5.41, 5.74) is 6.55. The minimum Gasteiger partial charge on any atom is -0.337 e. The summed E-state index contributed by atoms with van der Waals surface area (Å²) in [6.45, 7) is 7.27. The molecule has 0 bridgehead atoms. The van der Waals surface area contributed by atoms with Crippen molar-refractivity contribution in [1.29, 1.82) is 0 Å². The summed E-state index contributed by atoms with van der Waals surface area (Å²) in [6, 6.07) is 10.8. The Morgan fingerprint density at radius 2 is 1.91 bits per heavy atom. The zero-order valence-corrected chi connectivity index (χ0v) is 20.8. The predicted molar refractivity (Wildman–Crippen MR) is 138 cm³/mol. The molecular formula is C28H35ClN4. The van der Waals surface area contributed by atoms with Gasteiger partial charge in [0.05, 0.1) is 12.0 Å². The van der Waals surface area contributed by atoms with Crippen LogP contribution in [0, 0.1) is 5.92 Å². The third-order valence-corrected chi connectivity index (χ3v) is 7.08. The van der Waals surface area contributed by atoms with Crippen molar-refractivity contribution in [1.82, 2.24) is 19.4 Å². The lowest BCUT2D eigenvalue weighted by molar-refractivity contribution is 0.206. The van der Waals surface area contributed by atoms with E-state index in [0.29, 0.717) is 11.8 Å². The van der Waals surface area contributed by atoms with Crippen LogP contribution in [0.3, 0.4) is 0 Å². The van der Waals surface area contributed by atoms with Crippen molar-refractivity contribution >= 4 is 23.3 Å². The number of imidazole rings is 1. The number of benzene rings is 1. The van der Waals surface area contributed by atoms with Gasteiger partial charge in [-0.2, -0.15) is 0 Å². The zero-order chi connectivity index (χ0) is 23.2. The van der Waals surface area contributed by atoms with Crippen molar-refractivity contribution in [3.05, 3.63) is 82.7 Å². The number of pyridine rings is 1. The first-order chi connectivity index (χ1) is 16.2. The first-order valence-corrected chi connectivity index (χ1v) is 12.7. The number of fused-ring (bicyclic) bond motifs is 2. The van der Waals surface area contributed by atoms with E-state index in [2.05, 4.69) is 51.8 Å². The summed E-state index contributed by atoms with van der Waals surface area (Å²) in [6.07, 6.45) is 14.6. The summed E-state index contributed by atoms with van der Waals surface area (Å²) in [7, 11) is 2.23. The molecule has 3 heterocycles. The van der Waals surface area contributed by atoms with Gasteiger partial charge in [0.2, 0.25) is 0 Å². The maximum absolute atomic E-state index is 6.45. The molecule has 1 atom stereocenters. The Bertz CT molecular complexity index is 1070. The average molecular weight is 463 g/mol. The minimum absolute atomic E-state index is 0.319. The first-order valence-electron chi connectivity index (χ1n) is 12.3. The maximum Gasteiger partial charge on any atom is 0.0945 e. The van der Waals surface area contributed by atoms with E-state index in [1.165, 1.54) is 40.8 Å². The highest BCUT2D eigenvalue weighted by Gasteiger charge is 2.33. The van der Waals surface area contributed by atoms with E-state index in [0.717, 1.165) is 37.5 Å². The van der Waals surface area contributed by atoms with E-state index in [1.807, 2.05) is 44.8 Å². The van der Waals surface area contributed by atoms with Crippen LogP contribution in [0.4, 0.5) is 0 Å². The van der Waals surface area contributed by atoms with Crippen LogP contribution in [0.5, 0.6) is 0 Å². The van der Waals surface area contributed by atoms with Crippen molar-refractivity contribution in [3.63, 3.8) is 0 Å². The van der Waals surface area contributed by atoms with Gasteiger partial charge < -0.3 is 9.47 Å². The molecule has 1 aromatic carbocycles. The number of nitrogens with zero attached hydrogens (tertiary/aromatic N) is 4. The number of aryl methyl sites for hydroxylation is 1. The van der Waals surface area contributed by atoms with Crippen LogP contribution in [0.2, 0.25) is 5.02 Å². The molecule has 1 fully saturated rings. The first kappa shape index (κ1) is 23.7. The van der Waals surface area contributed by atoms with E-state index in [1.54, 1.807) is 0 Å². The van der Waals surface area contributed by atoms with Crippen LogP contribution < -0.4 is 0 Å². The normalized spacial score (nSPS) is 18.4. The van der Waals surface area contributed by atoms with Gasteiger partial charge in [-0.05, 0) is 92.2 Å². The number of halogens is 1. The Hall–Kier alpha value is -2.43. The van der Waals surface area contributed by atoms with Crippen molar-refractivity contribution in [2.75, 3.05) is 20.1 Å². The molecule has 1 saturated heterocycles. The molecule has 0 spiro atoms. The number of hydrogen-bond acceptors (Lipinski definition) is 3. The fraction of sp³-hybridized carbons (Fsp3) is 0.429. The Morgan fingerprint density at radius 3 is 2.67 bits per heavy atom. The third-order valence-electron chi connectivity index (χ3n) is 6.85. The van der Waals surface area contributed by atoms with Gasteiger partial charge in [-0.1, -0.05) is 43.7 Å². The SMILES string of the molecule is CC.CN1CCC(C2c3ccc(Cl)cc3C=C(CCCn3ccnc3)c3cccnc32)CC1. The summed E-state index contributed by atoms with van der Waals surface area (Å²) >= 11 is 6.45. The van der Waals surface area contributed by atoms with E-state index in [9.17, 15) is 0 Å². The molecule has 0 saturated carbocycles. The van der Waals surface area contributed by atoms with Crippen LogP contribution in [0.25, 0.3) is 11.6 Å². The molecule has 2 aromatic heterocycles. The van der Waals surface area contributed by atoms with Gasteiger partial charge in [0.1, 0.15) is 0 Å². The zero-order valence-electron chi connectivity index (χ0n) is 20.0. The largest absolute Gasteiger partial charge is 0.337 e. The van der Waals surface area contributed by atoms with Crippen molar-refractivity contribution in [3.8, 4) is 0 Å². The monoisotopic (exact) mass is 462 g/mol. The second kappa shape index (κ2) is 11.1. The van der Waals surface area contributed by atoms with Crippen LogP contribution in [-0.2, 0) is 6.54 Å². The fourth-order valence-electron chi connectivity index (χ4n) is 5.22. The van der Waals surface area contributed by atoms with Gasteiger partial charge in [-0.25, -0.2) is 4.98 Å². The van der Waals surface area contributed by atoms with Crippen molar-refractivity contribution < 1.29 is 0 Å². The fourth-order valence-corrected chi connectivity index (χ4v) is 5.40. The molecule has 33 heavy (non-hydrogen) atoms. The third kappa shape index (κ3) is 5.39. The standard InChI is InChI=1S/C26H29ClN4.C2H6/c1-30-13-8-19(9-14-30)25-23-7-6-22(27)17-21(23)16-20(24-5-2-10-29-26(24)25)4-3-12-31-15-11-28-18-31;1-2/h2,5-7,10-11,15-19,25H,3-4,8-9,12-14H2,1H3;1-2H3. The highest BCUT2D eigenvalue weighted by molar-refractivity contribution is 6.30. The molecule has 5 rings (SSSR count). The summed E-state index contributed by atoms with van der Waals surface area (Å²) in [5, 5.41) is 0.800. The van der Waals surface area contributed by atoms with E-state index in [4.69, 9.17) is 16.6 Å². The molecule has 5 heteroatoms. The van der Waals surface area contributed by atoms with Crippen LogP contribution in [0.15, 0.2) is 55.2 Å². The van der Waals surface area contributed by atoms with E-state index in [-0.39, 0.29) is 0 Å². The lowest BCUT2D eigenvalue weighted by atomic mass is 9.76. The second-order valence-electron chi connectivity index (χ2n) is 8.90. The summed E-state index contributed by atoms with van der Waals surface area (Å²) < 4.78 is 2.15. The number of aromatic nitrogens is 3. The number of hydrogen-bond donors (Lipinski definition) is 0. The quantitative estimate of drug-likeness (QED) is 0.419. The molecule has 2 aliphatic rings.